The van der Waals surface area contributed by atoms with Crippen LogP contribution in [-0.4, -0.2) is 24.6 Å². The second-order valence-electron chi connectivity index (χ2n) is 4.54. The van der Waals surface area contributed by atoms with Gasteiger partial charge in [0.1, 0.15) is 6.61 Å². The highest BCUT2D eigenvalue weighted by molar-refractivity contribution is 5.45. The van der Waals surface area contributed by atoms with Gasteiger partial charge >= 0.3 is 0 Å². The van der Waals surface area contributed by atoms with Crippen LogP contribution in [0.5, 0.6) is 5.75 Å². The maximum absolute atomic E-state index is 13.7. The van der Waals surface area contributed by atoms with Crippen molar-refractivity contribution in [1.29, 1.82) is 0 Å². The summed E-state index contributed by atoms with van der Waals surface area (Å²) in [5.74, 6) is -0.735. The van der Waals surface area contributed by atoms with E-state index in [1.165, 1.54) is 6.07 Å². The number of nitrogens with one attached hydrogen (secondary N) is 1. The molecular weight excluding hydrogens is 263 g/mol. The molecule has 0 aliphatic heterocycles. The molecule has 110 valence electrons. The van der Waals surface area contributed by atoms with Gasteiger partial charge in [-0.2, -0.15) is 0 Å². The Labute approximate surface area is 117 Å². The third-order valence-corrected chi connectivity index (χ3v) is 2.68. The van der Waals surface area contributed by atoms with Crippen LogP contribution >= 0.6 is 0 Å². The van der Waals surface area contributed by atoms with Gasteiger partial charge in [0.05, 0.1) is 11.0 Å². The van der Waals surface area contributed by atoms with E-state index < -0.39 is 10.7 Å². The first-order valence-electron chi connectivity index (χ1n) is 6.40. The maximum atomic E-state index is 13.7. The number of nitro groups is 1. The van der Waals surface area contributed by atoms with Gasteiger partial charge < -0.3 is 10.1 Å². The number of nitro benzene ring substituents is 1. The number of benzene rings is 1. The predicted octanol–water partition coefficient (Wildman–Crippen LogP) is 2.98. The highest BCUT2D eigenvalue weighted by atomic mass is 19.1. The Kier molecular flexibility index (Phi) is 6.11. The predicted molar refractivity (Wildman–Crippen MR) is 75.6 cm³/mol. The number of hydrogen-bond acceptors (Lipinski definition) is 4. The summed E-state index contributed by atoms with van der Waals surface area (Å²) in [7, 11) is 0. The summed E-state index contributed by atoms with van der Waals surface area (Å²) in [6.07, 6.45) is 1.02. The van der Waals surface area contributed by atoms with Crippen LogP contribution in [-0.2, 0) is 0 Å². The van der Waals surface area contributed by atoms with Gasteiger partial charge in [0, 0.05) is 12.1 Å². The van der Waals surface area contributed by atoms with Gasteiger partial charge in [0.15, 0.2) is 11.6 Å². The minimum Gasteiger partial charge on any atom is -0.486 e. The Morgan fingerprint density at radius 2 is 2.25 bits per heavy atom. The number of nitrogens with zero attached hydrogens (tertiary/aromatic N) is 1. The second-order valence-corrected chi connectivity index (χ2v) is 4.54. The number of rotatable bonds is 8. The second kappa shape index (κ2) is 7.59. The van der Waals surface area contributed by atoms with Gasteiger partial charge in [-0.25, -0.2) is 4.39 Å². The van der Waals surface area contributed by atoms with Crippen LogP contribution in [0.1, 0.15) is 18.9 Å². The first kappa shape index (κ1) is 16.1. The molecule has 0 atom stereocenters. The number of ether oxygens (including phenoxy) is 1. The SMILES string of the molecule is C=C(CNCCC)COc1cc(C)c([N+](=O)[O-])cc1F. The smallest absolute Gasteiger partial charge is 0.275 e. The summed E-state index contributed by atoms with van der Waals surface area (Å²) in [5.41, 5.74) is 0.897. The van der Waals surface area contributed by atoms with E-state index in [0.717, 1.165) is 24.6 Å². The van der Waals surface area contributed by atoms with Gasteiger partial charge in [-0.05, 0) is 31.5 Å². The fourth-order valence-corrected chi connectivity index (χ4v) is 1.62. The summed E-state index contributed by atoms with van der Waals surface area (Å²) in [6, 6.07) is 2.21. The van der Waals surface area contributed by atoms with Crippen molar-refractivity contribution in [3.05, 3.63) is 45.8 Å². The molecule has 1 aromatic rings. The summed E-state index contributed by atoms with van der Waals surface area (Å²) >= 11 is 0. The third kappa shape index (κ3) is 4.62. The van der Waals surface area contributed by atoms with Crippen LogP contribution in [0.15, 0.2) is 24.3 Å². The minimum absolute atomic E-state index is 0.00439. The van der Waals surface area contributed by atoms with Crippen LogP contribution in [0, 0.1) is 22.9 Å². The number of aryl methyl sites for hydroxylation is 1. The quantitative estimate of drug-likeness (QED) is 0.344. The molecule has 0 radical (unpaired) electrons. The van der Waals surface area contributed by atoms with Gasteiger partial charge in [-0.1, -0.05) is 13.5 Å². The lowest BCUT2D eigenvalue weighted by molar-refractivity contribution is -0.385. The molecule has 0 aromatic heterocycles. The molecule has 0 saturated carbocycles. The molecule has 1 rings (SSSR count). The lowest BCUT2D eigenvalue weighted by atomic mass is 10.2. The molecule has 0 heterocycles. The van der Waals surface area contributed by atoms with Crippen LogP contribution < -0.4 is 10.1 Å². The van der Waals surface area contributed by atoms with Crippen molar-refractivity contribution < 1.29 is 14.1 Å². The van der Waals surface area contributed by atoms with E-state index in [0.29, 0.717) is 12.1 Å². The van der Waals surface area contributed by atoms with Crippen molar-refractivity contribution in [2.75, 3.05) is 19.7 Å². The van der Waals surface area contributed by atoms with E-state index in [1.54, 1.807) is 6.92 Å². The van der Waals surface area contributed by atoms with Crippen molar-refractivity contribution in [2.24, 2.45) is 0 Å². The Balaban J connectivity index is 2.63. The molecule has 1 N–H and O–H groups in total. The van der Waals surface area contributed by atoms with Crippen molar-refractivity contribution in [1.82, 2.24) is 5.32 Å². The van der Waals surface area contributed by atoms with E-state index in [9.17, 15) is 14.5 Å². The fraction of sp³-hybridized carbons (Fsp3) is 0.429. The van der Waals surface area contributed by atoms with E-state index >= 15 is 0 Å². The average molecular weight is 282 g/mol. The zero-order chi connectivity index (χ0) is 15.1. The molecule has 5 nitrogen and oxygen atoms in total. The lowest BCUT2D eigenvalue weighted by Gasteiger charge is -2.11. The van der Waals surface area contributed by atoms with E-state index in [1.807, 2.05) is 0 Å². The summed E-state index contributed by atoms with van der Waals surface area (Å²) in [5, 5.41) is 13.8. The van der Waals surface area contributed by atoms with E-state index in [2.05, 4.69) is 18.8 Å². The lowest BCUT2D eigenvalue weighted by Crippen LogP contribution is -2.20. The van der Waals surface area contributed by atoms with Crippen molar-refractivity contribution >= 4 is 5.69 Å². The molecule has 0 amide bonds. The number of hydrogen-bond donors (Lipinski definition) is 1. The molecule has 0 saturated heterocycles. The van der Waals surface area contributed by atoms with Crippen LogP contribution in [0.4, 0.5) is 10.1 Å². The van der Waals surface area contributed by atoms with E-state index in [-0.39, 0.29) is 18.0 Å². The van der Waals surface area contributed by atoms with E-state index in [4.69, 9.17) is 4.74 Å². The number of halogens is 1. The molecular formula is C14H19FN2O3. The standard InChI is InChI=1S/C14H19FN2O3/c1-4-5-16-8-10(2)9-20-14-6-11(3)13(17(18)19)7-12(14)15/h6-7,16H,2,4-5,8-9H2,1,3H3. The average Bonchev–Trinajstić information content (AvgIpc) is 2.39. The molecule has 0 aliphatic carbocycles. The Morgan fingerprint density at radius 3 is 2.85 bits per heavy atom. The highest BCUT2D eigenvalue weighted by Crippen LogP contribution is 2.27. The zero-order valence-electron chi connectivity index (χ0n) is 11.7. The van der Waals surface area contributed by atoms with Gasteiger partial charge in [-0.15, -0.1) is 0 Å². The summed E-state index contributed by atoms with van der Waals surface area (Å²) in [6.45, 7) is 9.07. The fourth-order valence-electron chi connectivity index (χ4n) is 1.62. The van der Waals surface area contributed by atoms with Crippen molar-refractivity contribution in [3.63, 3.8) is 0 Å². The van der Waals surface area contributed by atoms with Crippen LogP contribution in [0.25, 0.3) is 0 Å². The molecule has 0 unspecified atom stereocenters. The molecule has 1 aromatic carbocycles. The van der Waals surface area contributed by atoms with Crippen molar-refractivity contribution in [3.8, 4) is 5.75 Å². The van der Waals surface area contributed by atoms with Crippen LogP contribution in [0.2, 0.25) is 0 Å². The largest absolute Gasteiger partial charge is 0.486 e. The molecule has 0 spiro atoms. The first-order valence-corrected chi connectivity index (χ1v) is 6.40. The maximum Gasteiger partial charge on any atom is 0.275 e. The van der Waals surface area contributed by atoms with Gasteiger partial charge in [-0.3, -0.25) is 10.1 Å². The zero-order valence-corrected chi connectivity index (χ0v) is 11.7. The van der Waals surface area contributed by atoms with Gasteiger partial charge in [0.25, 0.3) is 5.69 Å². The molecule has 20 heavy (non-hydrogen) atoms. The molecule has 0 aliphatic rings. The molecule has 6 heteroatoms. The summed E-state index contributed by atoms with van der Waals surface area (Å²) < 4.78 is 19.0. The topological polar surface area (TPSA) is 64.4 Å². The van der Waals surface area contributed by atoms with Crippen LogP contribution in [0.3, 0.4) is 0 Å². The minimum atomic E-state index is -0.739. The Bertz CT molecular complexity index is 503. The molecule has 0 bridgehead atoms. The first-order chi connectivity index (χ1) is 9.45. The Hall–Kier alpha value is -1.95. The monoisotopic (exact) mass is 282 g/mol. The molecule has 0 fully saturated rings. The Morgan fingerprint density at radius 1 is 1.55 bits per heavy atom. The van der Waals surface area contributed by atoms with Crippen molar-refractivity contribution in [2.45, 2.75) is 20.3 Å². The normalized spacial score (nSPS) is 10.3. The highest BCUT2D eigenvalue weighted by Gasteiger charge is 2.16. The third-order valence-electron chi connectivity index (χ3n) is 2.68. The van der Waals surface area contributed by atoms with Gasteiger partial charge in [0.2, 0.25) is 0 Å². The summed E-state index contributed by atoms with van der Waals surface area (Å²) in [4.78, 5) is 10.1.